The average molecular weight is 411 g/mol. The van der Waals surface area contributed by atoms with E-state index in [2.05, 4.69) is 57.7 Å². The third-order valence-electron chi connectivity index (χ3n) is 4.46. The highest BCUT2D eigenvalue weighted by Gasteiger charge is 2.12. The fraction of sp³-hybridized carbons (Fsp3) is 0.393. The Labute approximate surface area is 185 Å². The molecular formula is C28H42O2. The van der Waals surface area contributed by atoms with Crippen molar-refractivity contribution in [1.82, 2.24) is 0 Å². The van der Waals surface area contributed by atoms with Crippen LogP contribution in [0, 0.1) is 20.8 Å². The van der Waals surface area contributed by atoms with E-state index in [1.54, 1.807) is 12.2 Å². The van der Waals surface area contributed by atoms with Crippen LogP contribution in [-0.2, 0) is 11.2 Å². The molecule has 0 aliphatic rings. The molecule has 0 saturated heterocycles. The van der Waals surface area contributed by atoms with E-state index in [0.717, 1.165) is 23.8 Å². The van der Waals surface area contributed by atoms with Crippen LogP contribution in [0.1, 0.15) is 68.4 Å². The highest BCUT2D eigenvalue weighted by Crippen LogP contribution is 2.23. The molecule has 2 aromatic rings. The zero-order valence-electron chi connectivity index (χ0n) is 20.4. The first-order valence-electron chi connectivity index (χ1n) is 10.9. The smallest absolute Gasteiger partial charge is 0.163 e. The van der Waals surface area contributed by atoms with Crippen molar-refractivity contribution in [3.05, 3.63) is 89.0 Å². The van der Waals surface area contributed by atoms with Crippen LogP contribution in [0.5, 0.6) is 0 Å². The van der Waals surface area contributed by atoms with Gasteiger partial charge in [-0.1, -0.05) is 101 Å². The molecule has 0 aromatic heterocycles. The zero-order valence-corrected chi connectivity index (χ0v) is 20.4. The number of ketones is 1. The topological polar surface area (TPSA) is 37.3 Å². The minimum atomic E-state index is 0.161. The zero-order chi connectivity index (χ0) is 23.5. The van der Waals surface area contributed by atoms with E-state index >= 15 is 0 Å². The molecule has 0 spiro atoms. The van der Waals surface area contributed by atoms with Crippen LogP contribution >= 0.6 is 0 Å². The van der Waals surface area contributed by atoms with Crippen LogP contribution < -0.4 is 0 Å². The number of carbonyl (C=O) groups excluding carboxylic acids is 1. The minimum Gasteiger partial charge on any atom is -0.400 e. The lowest BCUT2D eigenvalue weighted by atomic mass is 9.93. The molecule has 0 atom stereocenters. The Kier molecular flexibility index (Phi) is 18.4. The predicted molar refractivity (Wildman–Crippen MR) is 134 cm³/mol. The van der Waals surface area contributed by atoms with Gasteiger partial charge in [0.15, 0.2) is 5.78 Å². The van der Waals surface area contributed by atoms with Gasteiger partial charge < -0.3 is 5.11 Å². The fourth-order valence-electron chi connectivity index (χ4n) is 2.73. The monoisotopic (exact) mass is 410 g/mol. The molecule has 0 aliphatic carbocycles. The summed E-state index contributed by atoms with van der Waals surface area (Å²) in [5.41, 5.74) is 6.95. The fourth-order valence-corrected chi connectivity index (χ4v) is 2.73. The van der Waals surface area contributed by atoms with Crippen LogP contribution in [-0.4, -0.2) is 18.0 Å². The van der Waals surface area contributed by atoms with Crippen molar-refractivity contribution in [3.8, 4) is 0 Å². The maximum atomic E-state index is 11.8. The molecule has 0 bridgehead atoms. The van der Waals surface area contributed by atoms with E-state index in [4.69, 9.17) is 5.11 Å². The quantitative estimate of drug-likeness (QED) is 0.397. The lowest BCUT2D eigenvalue weighted by molar-refractivity contribution is -0.113. The normalized spacial score (nSPS) is 9.70. The van der Waals surface area contributed by atoms with E-state index in [9.17, 15) is 4.79 Å². The van der Waals surface area contributed by atoms with Gasteiger partial charge in [-0.05, 0) is 49.4 Å². The molecule has 2 rings (SSSR count). The summed E-state index contributed by atoms with van der Waals surface area (Å²) in [5.74, 6) is 0.161. The maximum absolute atomic E-state index is 11.8. The van der Waals surface area contributed by atoms with Crippen LogP contribution in [0.3, 0.4) is 0 Å². The van der Waals surface area contributed by atoms with Gasteiger partial charge in [0.05, 0.1) is 0 Å². The van der Waals surface area contributed by atoms with Gasteiger partial charge in [-0.3, -0.25) is 4.79 Å². The summed E-state index contributed by atoms with van der Waals surface area (Å²) < 4.78 is 0. The summed E-state index contributed by atoms with van der Waals surface area (Å²) in [6, 6.07) is 14.8. The molecule has 2 heteroatoms. The van der Waals surface area contributed by atoms with E-state index in [0.29, 0.717) is 6.42 Å². The van der Waals surface area contributed by atoms with Gasteiger partial charge in [0, 0.05) is 19.1 Å². The third kappa shape index (κ3) is 10.9. The second-order valence-electron chi connectivity index (χ2n) is 6.58. The first-order valence-corrected chi connectivity index (χ1v) is 10.9. The Balaban J connectivity index is 0. The SMILES string of the molecule is C=C/C=C(/C(=O)CC)c1cccc(C)c1C.CC.CCCc1ccc(C)cc1.CO. The van der Waals surface area contributed by atoms with Crippen molar-refractivity contribution in [1.29, 1.82) is 0 Å². The van der Waals surface area contributed by atoms with Crippen LogP contribution in [0.15, 0.2) is 61.2 Å². The van der Waals surface area contributed by atoms with E-state index in [1.165, 1.54) is 29.5 Å². The first-order chi connectivity index (χ1) is 14.4. The molecule has 0 radical (unpaired) electrons. The average Bonchev–Trinajstić information content (AvgIpc) is 2.79. The summed E-state index contributed by atoms with van der Waals surface area (Å²) in [4.78, 5) is 11.8. The molecule has 0 saturated carbocycles. The molecule has 30 heavy (non-hydrogen) atoms. The first kappa shape index (κ1) is 29.7. The van der Waals surface area contributed by atoms with E-state index in [-0.39, 0.29) is 5.78 Å². The summed E-state index contributed by atoms with van der Waals surface area (Å²) in [6.07, 6.45) is 6.44. The molecule has 0 unspecified atom stereocenters. The Bertz CT molecular complexity index is 753. The molecule has 0 aliphatic heterocycles. The standard InChI is InChI=1S/C15H18O.C10H14.C2H6.CH4O/c1-5-8-14(15(16)6-2)13-10-7-9-11(3)12(13)4;1-3-4-10-7-5-9(2)6-8-10;2*1-2/h5,7-10H,1,6H2,2-4H3;5-8H,3-4H2,1-2H3;1-2H3;2H,1H3/b14-8+;;;. The lowest BCUT2D eigenvalue weighted by Crippen LogP contribution is -2.02. The molecule has 2 aromatic carbocycles. The van der Waals surface area contributed by atoms with Crippen molar-refractivity contribution in [2.75, 3.05) is 7.11 Å². The van der Waals surface area contributed by atoms with Crippen molar-refractivity contribution >= 4 is 11.4 Å². The number of aliphatic hydroxyl groups excluding tert-OH is 1. The van der Waals surface area contributed by atoms with Gasteiger partial charge in [0.1, 0.15) is 0 Å². The van der Waals surface area contributed by atoms with Crippen LogP contribution in [0.25, 0.3) is 5.57 Å². The number of benzene rings is 2. The van der Waals surface area contributed by atoms with Crippen molar-refractivity contribution < 1.29 is 9.90 Å². The molecular weight excluding hydrogens is 368 g/mol. The minimum absolute atomic E-state index is 0.161. The molecule has 2 nitrogen and oxygen atoms in total. The summed E-state index contributed by atoms with van der Waals surface area (Å²) in [7, 11) is 1.00. The number of carbonyl (C=O) groups is 1. The largest absolute Gasteiger partial charge is 0.400 e. The Hall–Kier alpha value is -2.45. The highest BCUT2D eigenvalue weighted by atomic mass is 16.2. The van der Waals surface area contributed by atoms with E-state index < -0.39 is 0 Å². The lowest BCUT2D eigenvalue weighted by Gasteiger charge is -2.10. The number of allylic oxidation sites excluding steroid dienone is 3. The second-order valence-corrected chi connectivity index (χ2v) is 6.58. The number of hydrogen-bond donors (Lipinski definition) is 1. The molecule has 0 amide bonds. The third-order valence-corrected chi connectivity index (χ3v) is 4.46. The van der Waals surface area contributed by atoms with Gasteiger partial charge in [0.2, 0.25) is 0 Å². The Morgan fingerprint density at radius 2 is 1.53 bits per heavy atom. The predicted octanol–water partition coefficient (Wildman–Crippen LogP) is 7.43. The summed E-state index contributed by atoms with van der Waals surface area (Å²) in [5, 5.41) is 7.00. The van der Waals surface area contributed by atoms with Gasteiger partial charge in [0.25, 0.3) is 0 Å². The number of rotatable bonds is 6. The van der Waals surface area contributed by atoms with Crippen LogP contribution in [0.4, 0.5) is 0 Å². The number of aliphatic hydroxyl groups is 1. The highest BCUT2D eigenvalue weighted by molar-refractivity contribution is 6.21. The van der Waals surface area contributed by atoms with Crippen LogP contribution in [0.2, 0.25) is 0 Å². The number of Topliss-reactive ketones (excluding diaryl/α,β-unsaturated/α-hetero) is 1. The number of aryl methyl sites for hydroxylation is 3. The summed E-state index contributed by atoms with van der Waals surface area (Å²) in [6.45, 7) is 18.0. The van der Waals surface area contributed by atoms with Gasteiger partial charge >= 0.3 is 0 Å². The molecule has 166 valence electrons. The van der Waals surface area contributed by atoms with Gasteiger partial charge in [-0.25, -0.2) is 0 Å². The second kappa shape index (κ2) is 18.6. The Morgan fingerprint density at radius 1 is 0.967 bits per heavy atom. The molecule has 0 fully saturated rings. The van der Waals surface area contributed by atoms with Crippen molar-refractivity contribution in [2.24, 2.45) is 0 Å². The van der Waals surface area contributed by atoms with E-state index in [1.807, 2.05) is 39.8 Å². The maximum Gasteiger partial charge on any atom is 0.163 e. The van der Waals surface area contributed by atoms with Gasteiger partial charge in [-0.2, -0.15) is 0 Å². The van der Waals surface area contributed by atoms with Crippen molar-refractivity contribution in [2.45, 2.75) is 67.7 Å². The molecule has 0 heterocycles. The van der Waals surface area contributed by atoms with Gasteiger partial charge in [-0.15, -0.1) is 0 Å². The van der Waals surface area contributed by atoms with Crippen molar-refractivity contribution in [3.63, 3.8) is 0 Å². The Morgan fingerprint density at radius 3 is 2.00 bits per heavy atom. The molecule has 1 N–H and O–H groups in total. The summed E-state index contributed by atoms with van der Waals surface area (Å²) >= 11 is 0. The number of hydrogen-bond acceptors (Lipinski definition) is 2.